The Kier molecular flexibility index (Phi) is 7.08. The van der Waals surface area contributed by atoms with Gasteiger partial charge in [0.05, 0.1) is 0 Å². The SMILES string of the molecule is CCN.O=CN1CCNCC1. The van der Waals surface area contributed by atoms with Gasteiger partial charge in [0.2, 0.25) is 6.41 Å². The third-order valence-corrected chi connectivity index (χ3v) is 1.30. The molecule has 0 aromatic rings. The topological polar surface area (TPSA) is 58.4 Å². The summed E-state index contributed by atoms with van der Waals surface area (Å²) in [6.07, 6.45) is 0.904. The first kappa shape index (κ1) is 10.4. The highest BCUT2D eigenvalue weighted by Crippen LogP contribution is 1.84. The average molecular weight is 159 g/mol. The van der Waals surface area contributed by atoms with Gasteiger partial charge in [-0.2, -0.15) is 0 Å². The molecule has 0 aromatic heterocycles. The lowest BCUT2D eigenvalue weighted by atomic mass is 10.4. The summed E-state index contributed by atoms with van der Waals surface area (Å²) in [5.41, 5.74) is 4.85. The Labute approximate surface area is 67.7 Å². The molecule has 0 atom stereocenters. The van der Waals surface area contributed by atoms with Gasteiger partial charge in [-0.15, -0.1) is 0 Å². The van der Waals surface area contributed by atoms with Crippen molar-refractivity contribution in [1.29, 1.82) is 0 Å². The van der Waals surface area contributed by atoms with Crippen LogP contribution >= 0.6 is 0 Å². The second kappa shape index (κ2) is 7.50. The number of hydrogen-bond acceptors (Lipinski definition) is 3. The van der Waals surface area contributed by atoms with Gasteiger partial charge in [-0.05, 0) is 6.54 Å². The molecule has 0 bridgehead atoms. The van der Waals surface area contributed by atoms with Crippen molar-refractivity contribution < 1.29 is 4.79 Å². The largest absolute Gasteiger partial charge is 0.343 e. The van der Waals surface area contributed by atoms with Crippen LogP contribution in [0.3, 0.4) is 0 Å². The maximum atomic E-state index is 10.1. The third-order valence-electron chi connectivity index (χ3n) is 1.30. The molecular formula is C7H17N3O. The average Bonchev–Trinajstić information content (AvgIpc) is 2.08. The van der Waals surface area contributed by atoms with Gasteiger partial charge in [0, 0.05) is 26.2 Å². The number of nitrogens with one attached hydrogen (secondary N) is 1. The zero-order valence-electron chi connectivity index (χ0n) is 7.05. The molecule has 1 fully saturated rings. The fourth-order valence-electron chi connectivity index (χ4n) is 0.788. The van der Waals surface area contributed by atoms with Crippen LogP contribution in [0.2, 0.25) is 0 Å². The van der Waals surface area contributed by atoms with Crippen LogP contribution in [0, 0.1) is 0 Å². The summed E-state index contributed by atoms with van der Waals surface area (Å²) >= 11 is 0. The van der Waals surface area contributed by atoms with E-state index in [-0.39, 0.29) is 0 Å². The van der Waals surface area contributed by atoms with Gasteiger partial charge in [0.15, 0.2) is 0 Å². The molecule has 0 radical (unpaired) electrons. The van der Waals surface area contributed by atoms with Crippen LogP contribution in [-0.2, 0) is 4.79 Å². The summed E-state index contributed by atoms with van der Waals surface area (Å²) in [6.45, 7) is 6.27. The van der Waals surface area contributed by atoms with E-state index < -0.39 is 0 Å². The highest BCUT2D eigenvalue weighted by molar-refractivity contribution is 5.47. The first-order chi connectivity index (χ1) is 5.35. The molecule has 1 saturated heterocycles. The summed E-state index contributed by atoms with van der Waals surface area (Å²) in [7, 11) is 0. The van der Waals surface area contributed by atoms with E-state index in [2.05, 4.69) is 5.32 Å². The van der Waals surface area contributed by atoms with Crippen molar-refractivity contribution >= 4 is 6.41 Å². The van der Waals surface area contributed by atoms with Gasteiger partial charge in [0.1, 0.15) is 0 Å². The van der Waals surface area contributed by atoms with Crippen molar-refractivity contribution in [3.8, 4) is 0 Å². The lowest BCUT2D eigenvalue weighted by molar-refractivity contribution is -0.118. The summed E-state index contributed by atoms with van der Waals surface area (Å²) in [6, 6.07) is 0. The standard InChI is InChI=1S/C5H10N2O.C2H7N/c8-5-7-3-1-6-2-4-7;1-2-3/h5-6H,1-4H2;2-3H2,1H3. The predicted octanol–water partition coefficient (Wildman–Crippen LogP) is -0.987. The fourth-order valence-corrected chi connectivity index (χ4v) is 0.788. The third kappa shape index (κ3) is 5.82. The molecular weight excluding hydrogens is 142 g/mol. The van der Waals surface area contributed by atoms with E-state index in [4.69, 9.17) is 5.73 Å². The minimum atomic E-state index is 0.750. The Bertz CT molecular complexity index is 91.7. The Morgan fingerprint density at radius 1 is 1.55 bits per heavy atom. The van der Waals surface area contributed by atoms with E-state index >= 15 is 0 Å². The maximum absolute atomic E-state index is 10.1. The Balaban J connectivity index is 0.000000292. The highest BCUT2D eigenvalue weighted by Gasteiger charge is 2.04. The minimum Gasteiger partial charge on any atom is -0.343 e. The summed E-state index contributed by atoms with van der Waals surface area (Å²) in [5, 5.41) is 3.15. The number of carbonyl (C=O) groups excluding carboxylic acids is 1. The zero-order valence-corrected chi connectivity index (χ0v) is 7.05. The summed E-state index contributed by atoms with van der Waals surface area (Å²) in [5.74, 6) is 0. The molecule has 0 unspecified atom stereocenters. The van der Waals surface area contributed by atoms with Crippen LogP contribution in [0.1, 0.15) is 6.92 Å². The van der Waals surface area contributed by atoms with Crippen LogP contribution in [0.5, 0.6) is 0 Å². The second-order valence-electron chi connectivity index (χ2n) is 2.30. The fraction of sp³-hybridized carbons (Fsp3) is 0.857. The number of nitrogens with zero attached hydrogens (tertiary/aromatic N) is 1. The molecule has 11 heavy (non-hydrogen) atoms. The molecule has 4 nitrogen and oxygen atoms in total. The van der Waals surface area contributed by atoms with Gasteiger partial charge in [-0.1, -0.05) is 6.92 Å². The lowest BCUT2D eigenvalue weighted by Gasteiger charge is -2.22. The van der Waals surface area contributed by atoms with Crippen molar-refractivity contribution in [3.05, 3.63) is 0 Å². The molecule has 0 saturated carbocycles. The van der Waals surface area contributed by atoms with Crippen molar-refractivity contribution in [3.63, 3.8) is 0 Å². The monoisotopic (exact) mass is 159 g/mol. The van der Waals surface area contributed by atoms with E-state index in [1.807, 2.05) is 6.92 Å². The van der Waals surface area contributed by atoms with E-state index in [1.54, 1.807) is 4.90 Å². The Morgan fingerprint density at radius 2 is 2.00 bits per heavy atom. The molecule has 1 heterocycles. The molecule has 3 N–H and O–H groups in total. The van der Waals surface area contributed by atoms with E-state index in [0.29, 0.717) is 0 Å². The van der Waals surface area contributed by atoms with Crippen molar-refractivity contribution in [2.24, 2.45) is 5.73 Å². The predicted molar refractivity (Wildman–Crippen MR) is 45.2 cm³/mol. The van der Waals surface area contributed by atoms with E-state index in [9.17, 15) is 4.79 Å². The molecule has 66 valence electrons. The molecule has 0 aliphatic carbocycles. The van der Waals surface area contributed by atoms with Crippen molar-refractivity contribution in [2.45, 2.75) is 6.92 Å². The molecule has 1 aliphatic heterocycles. The first-order valence-corrected chi connectivity index (χ1v) is 3.95. The number of hydrogen-bond donors (Lipinski definition) is 2. The second-order valence-corrected chi connectivity index (χ2v) is 2.30. The number of piperazine rings is 1. The number of carbonyl (C=O) groups is 1. The highest BCUT2D eigenvalue weighted by atomic mass is 16.1. The number of rotatable bonds is 1. The molecule has 0 spiro atoms. The van der Waals surface area contributed by atoms with Gasteiger partial charge in [-0.25, -0.2) is 0 Å². The van der Waals surface area contributed by atoms with Gasteiger partial charge >= 0.3 is 0 Å². The molecule has 1 aliphatic rings. The van der Waals surface area contributed by atoms with Gasteiger partial charge in [-0.3, -0.25) is 4.79 Å². The zero-order chi connectivity index (χ0) is 8.53. The van der Waals surface area contributed by atoms with Crippen LogP contribution < -0.4 is 11.1 Å². The quantitative estimate of drug-likeness (QED) is 0.483. The van der Waals surface area contributed by atoms with Crippen LogP contribution in [-0.4, -0.2) is 44.0 Å². The van der Waals surface area contributed by atoms with Gasteiger partial charge in [0.25, 0.3) is 0 Å². The number of amides is 1. The van der Waals surface area contributed by atoms with Crippen LogP contribution in [0.15, 0.2) is 0 Å². The Morgan fingerprint density at radius 3 is 2.27 bits per heavy atom. The van der Waals surface area contributed by atoms with E-state index in [0.717, 1.165) is 39.1 Å². The maximum Gasteiger partial charge on any atom is 0.209 e. The minimum absolute atomic E-state index is 0.750. The Hall–Kier alpha value is -0.610. The van der Waals surface area contributed by atoms with Crippen molar-refractivity contribution in [1.82, 2.24) is 10.2 Å². The van der Waals surface area contributed by atoms with E-state index in [1.165, 1.54) is 0 Å². The normalized spacial score (nSPS) is 16.7. The number of nitrogens with two attached hydrogens (primary N) is 1. The summed E-state index contributed by atoms with van der Waals surface area (Å²) < 4.78 is 0. The molecule has 1 rings (SSSR count). The summed E-state index contributed by atoms with van der Waals surface area (Å²) in [4.78, 5) is 11.8. The molecule has 0 aromatic carbocycles. The van der Waals surface area contributed by atoms with Crippen LogP contribution in [0.4, 0.5) is 0 Å². The molecule has 4 heteroatoms. The smallest absolute Gasteiger partial charge is 0.209 e. The van der Waals surface area contributed by atoms with Crippen LogP contribution in [0.25, 0.3) is 0 Å². The lowest BCUT2D eigenvalue weighted by Crippen LogP contribution is -2.42. The van der Waals surface area contributed by atoms with Gasteiger partial charge < -0.3 is 16.0 Å². The molecule has 1 amide bonds. The first-order valence-electron chi connectivity index (χ1n) is 3.95. The van der Waals surface area contributed by atoms with Crippen molar-refractivity contribution in [2.75, 3.05) is 32.7 Å².